The van der Waals surface area contributed by atoms with Crippen molar-refractivity contribution in [2.45, 2.75) is 32.2 Å². The van der Waals surface area contributed by atoms with Gasteiger partial charge in [0.2, 0.25) is 0 Å². The van der Waals surface area contributed by atoms with Gasteiger partial charge in [0.25, 0.3) is 0 Å². The molecule has 0 saturated heterocycles. The van der Waals surface area contributed by atoms with Gasteiger partial charge in [0, 0.05) is 24.0 Å². The highest BCUT2D eigenvalue weighted by molar-refractivity contribution is 6.31. The molecule has 1 aliphatic rings. The molecule has 2 rings (SSSR count). The van der Waals surface area contributed by atoms with Gasteiger partial charge >= 0.3 is 0 Å². The SMILES string of the molecule is CC(c1ccccc1Cl)N(C)CC1(CC(N)=NO)CC1. The van der Waals surface area contributed by atoms with Crippen LogP contribution < -0.4 is 5.73 Å². The lowest BCUT2D eigenvalue weighted by atomic mass is 9.99. The maximum Gasteiger partial charge on any atom is 0.139 e. The van der Waals surface area contributed by atoms with E-state index in [0.29, 0.717) is 12.3 Å². The summed E-state index contributed by atoms with van der Waals surface area (Å²) in [5.74, 6) is 0.321. The van der Waals surface area contributed by atoms with Crippen molar-refractivity contribution < 1.29 is 5.21 Å². The summed E-state index contributed by atoms with van der Waals surface area (Å²) in [7, 11) is 2.10. The van der Waals surface area contributed by atoms with Crippen LogP contribution in [0, 0.1) is 5.41 Å². The molecule has 4 nitrogen and oxygen atoms in total. The molecule has 1 aromatic rings. The number of hydrogen-bond acceptors (Lipinski definition) is 3. The zero-order valence-corrected chi connectivity index (χ0v) is 12.8. The molecule has 1 atom stereocenters. The Hall–Kier alpha value is -1.26. The van der Waals surface area contributed by atoms with E-state index in [9.17, 15) is 0 Å². The number of halogens is 1. The van der Waals surface area contributed by atoms with E-state index in [1.165, 1.54) is 0 Å². The fourth-order valence-corrected chi connectivity index (χ4v) is 3.00. The van der Waals surface area contributed by atoms with E-state index in [4.69, 9.17) is 22.5 Å². The van der Waals surface area contributed by atoms with E-state index in [1.54, 1.807) is 0 Å². The molecule has 110 valence electrons. The Labute approximate surface area is 125 Å². The smallest absolute Gasteiger partial charge is 0.139 e. The molecule has 20 heavy (non-hydrogen) atoms. The summed E-state index contributed by atoms with van der Waals surface area (Å²) in [4.78, 5) is 2.29. The number of nitrogens with zero attached hydrogens (tertiary/aromatic N) is 2. The van der Waals surface area contributed by atoms with Crippen molar-refractivity contribution in [1.82, 2.24) is 4.90 Å². The lowest BCUT2D eigenvalue weighted by molar-refractivity contribution is 0.210. The number of nitrogens with two attached hydrogens (primary N) is 1. The van der Waals surface area contributed by atoms with Gasteiger partial charge in [0.05, 0.1) is 0 Å². The molecule has 0 aliphatic heterocycles. The summed E-state index contributed by atoms with van der Waals surface area (Å²) in [6, 6.07) is 8.18. The Balaban J connectivity index is 2.02. The number of rotatable bonds is 6. The maximum atomic E-state index is 8.72. The maximum absolute atomic E-state index is 8.72. The van der Waals surface area contributed by atoms with Gasteiger partial charge in [-0.3, -0.25) is 4.90 Å². The summed E-state index contributed by atoms with van der Waals surface area (Å²) in [6.45, 7) is 3.08. The van der Waals surface area contributed by atoms with Crippen molar-refractivity contribution in [3.8, 4) is 0 Å². The minimum absolute atomic E-state index is 0.167. The summed E-state index contributed by atoms with van der Waals surface area (Å²) in [5, 5.41) is 12.6. The van der Waals surface area contributed by atoms with Gasteiger partial charge in [-0.15, -0.1) is 0 Å². The van der Waals surface area contributed by atoms with Crippen molar-refractivity contribution >= 4 is 17.4 Å². The molecule has 1 fully saturated rings. The number of oxime groups is 1. The predicted octanol–water partition coefficient (Wildman–Crippen LogP) is 3.25. The molecule has 1 saturated carbocycles. The van der Waals surface area contributed by atoms with Crippen LogP contribution in [0.4, 0.5) is 0 Å². The third kappa shape index (κ3) is 3.44. The average Bonchev–Trinajstić information content (AvgIpc) is 3.17. The molecule has 0 amide bonds. The molecule has 0 aromatic heterocycles. The van der Waals surface area contributed by atoms with Gasteiger partial charge in [-0.25, -0.2) is 0 Å². The van der Waals surface area contributed by atoms with Crippen LogP contribution in [0.1, 0.15) is 37.8 Å². The van der Waals surface area contributed by atoms with Crippen molar-refractivity contribution in [2.24, 2.45) is 16.3 Å². The molecule has 3 N–H and O–H groups in total. The van der Waals surface area contributed by atoms with Gasteiger partial charge in [0.15, 0.2) is 0 Å². The molecular formula is C15H22ClN3O. The van der Waals surface area contributed by atoms with E-state index in [-0.39, 0.29) is 11.5 Å². The van der Waals surface area contributed by atoms with Crippen LogP contribution in [0.2, 0.25) is 5.02 Å². The molecule has 0 spiro atoms. The number of amidine groups is 1. The highest BCUT2D eigenvalue weighted by atomic mass is 35.5. The summed E-state index contributed by atoms with van der Waals surface area (Å²) < 4.78 is 0. The molecule has 1 aliphatic carbocycles. The van der Waals surface area contributed by atoms with Crippen molar-refractivity contribution in [3.05, 3.63) is 34.9 Å². The van der Waals surface area contributed by atoms with E-state index in [0.717, 1.165) is 30.0 Å². The van der Waals surface area contributed by atoms with Gasteiger partial charge in [-0.2, -0.15) is 0 Å². The quantitative estimate of drug-likeness (QED) is 0.366. The zero-order valence-electron chi connectivity index (χ0n) is 12.0. The lowest BCUT2D eigenvalue weighted by Gasteiger charge is -2.29. The molecule has 1 unspecified atom stereocenters. The Bertz CT molecular complexity index is 500. The topological polar surface area (TPSA) is 61.8 Å². The van der Waals surface area contributed by atoms with E-state index < -0.39 is 0 Å². The van der Waals surface area contributed by atoms with Crippen molar-refractivity contribution in [2.75, 3.05) is 13.6 Å². The van der Waals surface area contributed by atoms with E-state index in [1.807, 2.05) is 18.2 Å². The third-order valence-corrected chi connectivity index (χ3v) is 4.59. The van der Waals surface area contributed by atoms with Crippen LogP contribution in [-0.4, -0.2) is 29.5 Å². The van der Waals surface area contributed by atoms with E-state index in [2.05, 4.69) is 30.1 Å². The molecule has 0 radical (unpaired) electrons. The Morgan fingerprint density at radius 3 is 2.70 bits per heavy atom. The minimum atomic E-state index is 0.167. The van der Waals surface area contributed by atoms with Crippen molar-refractivity contribution in [3.63, 3.8) is 0 Å². The first-order chi connectivity index (χ1) is 9.47. The predicted molar refractivity (Wildman–Crippen MR) is 82.2 cm³/mol. The van der Waals surface area contributed by atoms with Crippen LogP contribution in [0.15, 0.2) is 29.4 Å². The van der Waals surface area contributed by atoms with Gasteiger partial charge in [0.1, 0.15) is 5.84 Å². The second kappa shape index (κ2) is 6.02. The summed E-state index contributed by atoms with van der Waals surface area (Å²) in [5.41, 5.74) is 6.95. The normalized spacial score (nSPS) is 19.1. The molecular weight excluding hydrogens is 274 g/mol. The number of hydrogen-bond donors (Lipinski definition) is 2. The average molecular weight is 296 g/mol. The third-order valence-electron chi connectivity index (χ3n) is 4.24. The Morgan fingerprint density at radius 1 is 1.50 bits per heavy atom. The van der Waals surface area contributed by atoms with Gasteiger partial charge in [-0.05, 0) is 43.9 Å². The molecule has 5 heteroatoms. The zero-order chi connectivity index (χ0) is 14.8. The van der Waals surface area contributed by atoms with Gasteiger partial charge in [-0.1, -0.05) is 35.0 Å². The fourth-order valence-electron chi connectivity index (χ4n) is 2.70. The monoisotopic (exact) mass is 295 g/mol. The summed E-state index contributed by atoms with van der Waals surface area (Å²) in [6.07, 6.45) is 2.91. The highest BCUT2D eigenvalue weighted by Gasteiger charge is 2.44. The fraction of sp³-hybridized carbons (Fsp3) is 0.533. The van der Waals surface area contributed by atoms with Crippen LogP contribution in [-0.2, 0) is 0 Å². The first-order valence-electron chi connectivity index (χ1n) is 6.88. The Kier molecular flexibility index (Phi) is 4.55. The summed E-state index contributed by atoms with van der Waals surface area (Å²) >= 11 is 6.26. The van der Waals surface area contributed by atoms with Gasteiger partial charge < -0.3 is 10.9 Å². The Morgan fingerprint density at radius 2 is 2.15 bits per heavy atom. The second-order valence-corrected chi connectivity index (χ2v) is 6.29. The largest absolute Gasteiger partial charge is 0.409 e. The highest BCUT2D eigenvalue weighted by Crippen LogP contribution is 2.50. The molecule has 0 heterocycles. The van der Waals surface area contributed by atoms with E-state index >= 15 is 0 Å². The standard InChI is InChI=1S/C15H22ClN3O/c1-11(12-5-3-4-6-13(12)16)19(2)10-15(7-8-15)9-14(17)18-20/h3-6,11,20H,7-10H2,1-2H3,(H2,17,18). The molecule has 1 aromatic carbocycles. The van der Waals surface area contributed by atoms with Crippen molar-refractivity contribution in [1.29, 1.82) is 0 Å². The first kappa shape index (κ1) is 15.1. The minimum Gasteiger partial charge on any atom is -0.409 e. The number of benzene rings is 1. The first-order valence-corrected chi connectivity index (χ1v) is 7.26. The van der Waals surface area contributed by atoms with Crippen LogP contribution in [0.5, 0.6) is 0 Å². The van der Waals surface area contributed by atoms with Crippen LogP contribution >= 0.6 is 11.6 Å². The molecule has 0 bridgehead atoms. The lowest BCUT2D eigenvalue weighted by Crippen LogP contribution is -2.32. The van der Waals surface area contributed by atoms with Crippen LogP contribution in [0.3, 0.4) is 0 Å². The van der Waals surface area contributed by atoms with Crippen LogP contribution in [0.25, 0.3) is 0 Å². The second-order valence-electron chi connectivity index (χ2n) is 5.88.